The fraction of sp³-hybridized carbons (Fsp3) is 0.773. The smallest absolute Gasteiger partial charge is 0.418 e. The lowest BCUT2D eigenvalue weighted by atomic mass is 10.0. The lowest BCUT2D eigenvalue weighted by molar-refractivity contribution is -0.723. The molecule has 1 aromatic rings. The number of nitrogens with one attached hydrogen (secondary N) is 1. The van der Waals surface area contributed by atoms with Gasteiger partial charge in [-0.05, 0) is 44.9 Å². The van der Waals surface area contributed by atoms with Crippen LogP contribution < -0.4 is 4.57 Å². The van der Waals surface area contributed by atoms with Crippen LogP contribution in [0.25, 0.3) is 0 Å². The van der Waals surface area contributed by atoms with E-state index >= 15 is 0 Å². The maximum Gasteiger partial charge on any atom is 0.673 e. The molecule has 0 radical (unpaired) electrons. The van der Waals surface area contributed by atoms with Gasteiger partial charge >= 0.3 is 7.25 Å². The first-order valence-electron chi connectivity index (χ1n) is 11.4. The Morgan fingerprint density at radius 3 is 1.86 bits per heavy atom. The van der Waals surface area contributed by atoms with Crippen LogP contribution in [0.2, 0.25) is 0 Å². The van der Waals surface area contributed by atoms with Crippen molar-refractivity contribution in [3.8, 4) is 0 Å². The first-order valence-corrected chi connectivity index (χ1v) is 11.4. The molecule has 1 unspecified atom stereocenters. The monoisotopic (exact) mass is 420 g/mol. The zero-order chi connectivity index (χ0) is 21.8. The minimum Gasteiger partial charge on any atom is -0.418 e. The topological polar surface area (TPSA) is 19.7 Å². The van der Waals surface area contributed by atoms with Gasteiger partial charge in [0.2, 0.25) is 6.33 Å². The lowest BCUT2D eigenvalue weighted by Crippen LogP contribution is -2.36. The van der Waals surface area contributed by atoms with Crippen LogP contribution in [-0.2, 0) is 0 Å². The van der Waals surface area contributed by atoms with E-state index < -0.39 is 7.25 Å². The molecule has 0 aromatic carbocycles. The Morgan fingerprint density at radius 1 is 0.793 bits per heavy atom. The van der Waals surface area contributed by atoms with Crippen molar-refractivity contribution < 1.29 is 21.8 Å². The molecule has 1 heterocycles. The van der Waals surface area contributed by atoms with Crippen LogP contribution >= 0.6 is 0 Å². The van der Waals surface area contributed by atoms with Gasteiger partial charge in [-0.15, -0.1) is 0 Å². The van der Waals surface area contributed by atoms with Crippen molar-refractivity contribution in [1.82, 2.24) is 4.98 Å². The summed E-state index contributed by atoms with van der Waals surface area (Å²) in [5.74, 6) is 0. The molecule has 29 heavy (non-hydrogen) atoms. The van der Waals surface area contributed by atoms with Gasteiger partial charge in [0.15, 0.2) is 0 Å². The number of nitrogens with zero attached hydrogens (tertiary/aromatic N) is 1. The highest BCUT2D eigenvalue weighted by Gasteiger charge is 2.20. The average molecular weight is 420 g/mol. The molecule has 0 spiro atoms. The number of unbranched alkanes of at least 4 members (excludes halogenated alkanes) is 9. The van der Waals surface area contributed by atoms with Crippen molar-refractivity contribution in [2.45, 2.75) is 110 Å². The predicted octanol–water partition coefficient (Wildman–Crippen LogP) is 8.20. The van der Waals surface area contributed by atoms with Gasteiger partial charge in [-0.2, -0.15) is 0 Å². The quantitative estimate of drug-likeness (QED) is 0.0914. The van der Waals surface area contributed by atoms with Crippen LogP contribution in [0.3, 0.4) is 0 Å². The van der Waals surface area contributed by atoms with Crippen molar-refractivity contribution in [1.29, 1.82) is 0 Å². The number of rotatable bonds is 16. The van der Waals surface area contributed by atoms with Gasteiger partial charge in [0.05, 0.1) is 0 Å². The maximum absolute atomic E-state index is 9.75. The standard InChI is InChI=1S/C22H40N2.BF4/c1-3-5-6-7-8-9-10-11-12-13-14-15-16-18-22(17-4-2)24-20-19-23-21-24;2-1(3,4)5/h11-12,19-22H,3-10,13-18H2,1-2H3;/q;-1/p+1/b12-11-;. The zero-order valence-electron chi connectivity index (χ0n) is 18.4. The van der Waals surface area contributed by atoms with Crippen LogP contribution in [-0.4, -0.2) is 12.2 Å². The minimum atomic E-state index is -6.00. The van der Waals surface area contributed by atoms with E-state index in [-0.39, 0.29) is 0 Å². The normalized spacial score (nSPS) is 12.8. The molecule has 2 nitrogen and oxygen atoms in total. The van der Waals surface area contributed by atoms with E-state index in [0.29, 0.717) is 6.04 Å². The summed E-state index contributed by atoms with van der Waals surface area (Å²) >= 11 is 0. The molecule has 7 heteroatoms. The summed E-state index contributed by atoms with van der Waals surface area (Å²) < 4.78 is 41.4. The van der Waals surface area contributed by atoms with Crippen LogP contribution in [0, 0.1) is 0 Å². The molecule has 0 amide bonds. The van der Waals surface area contributed by atoms with Gasteiger partial charge in [0.25, 0.3) is 0 Å². The molecule has 1 rings (SSSR count). The molecule has 1 atom stereocenters. The summed E-state index contributed by atoms with van der Waals surface area (Å²) in [6.45, 7) is 4.57. The van der Waals surface area contributed by atoms with Crippen LogP contribution in [0.15, 0.2) is 30.9 Å². The Morgan fingerprint density at radius 2 is 1.34 bits per heavy atom. The Bertz CT molecular complexity index is 470. The first kappa shape index (κ1) is 27.7. The Balaban J connectivity index is 0.00000139. The molecule has 0 saturated heterocycles. The summed E-state index contributed by atoms with van der Waals surface area (Å²) in [5, 5.41) is 0. The Labute approximate surface area is 175 Å². The number of aromatic nitrogens is 2. The third-order valence-electron chi connectivity index (χ3n) is 4.91. The fourth-order valence-electron chi connectivity index (χ4n) is 3.40. The van der Waals surface area contributed by atoms with Crippen molar-refractivity contribution in [2.75, 3.05) is 0 Å². The lowest BCUT2D eigenvalue weighted by Gasteiger charge is -2.12. The number of aromatic amines is 1. The average Bonchev–Trinajstić information content (AvgIpc) is 3.18. The van der Waals surface area contributed by atoms with Crippen molar-refractivity contribution in [3.63, 3.8) is 0 Å². The number of allylic oxidation sites excluding steroid dienone is 2. The fourth-order valence-corrected chi connectivity index (χ4v) is 3.40. The SMILES string of the molecule is CCCCCCCC/C=C\CCCCCC(CCC)[n+]1cc[nH]c1.F[B-](F)(F)F. The highest BCUT2D eigenvalue weighted by molar-refractivity contribution is 6.50. The van der Waals surface area contributed by atoms with Gasteiger partial charge in [0, 0.05) is 0 Å². The summed E-state index contributed by atoms with van der Waals surface area (Å²) in [6.07, 6.45) is 30.1. The third-order valence-corrected chi connectivity index (χ3v) is 4.91. The van der Waals surface area contributed by atoms with Gasteiger partial charge in [-0.1, -0.05) is 70.9 Å². The molecular formula is C22H41BF4N2. The number of imidazole rings is 1. The van der Waals surface area contributed by atoms with E-state index in [0.717, 1.165) is 0 Å². The zero-order valence-corrected chi connectivity index (χ0v) is 18.4. The van der Waals surface area contributed by atoms with E-state index in [9.17, 15) is 17.3 Å². The number of H-pyrrole nitrogens is 1. The van der Waals surface area contributed by atoms with Crippen LogP contribution in [0.4, 0.5) is 17.3 Å². The number of hydrogen-bond acceptors (Lipinski definition) is 0. The van der Waals surface area contributed by atoms with E-state index in [1.807, 2.05) is 6.20 Å². The second kappa shape index (κ2) is 18.7. The molecule has 0 saturated carbocycles. The summed E-state index contributed by atoms with van der Waals surface area (Å²) in [4.78, 5) is 3.17. The minimum absolute atomic E-state index is 0.685. The van der Waals surface area contributed by atoms with Gasteiger partial charge in [-0.3, -0.25) is 4.98 Å². The molecule has 0 fully saturated rings. The Hall–Kier alpha value is -1.27. The van der Waals surface area contributed by atoms with Crippen LogP contribution in [0.5, 0.6) is 0 Å². The predicted molar refractivity (Wildman–Crippen MR) is 115 cm³/mol. The number of hydrogen-bond donors (Lipinski definition) is 1. The molecule has 0 bridgehead atoms. The second-order valence-corrected chi connectivity index (χ2v) is 7.66. The molecule has 0 aliphatic carbocycles. The van der Waals surface area contributed by atoms with Crippen LogP contribution in [0.1, 0.15) is 110 Å². The summed E-state index contributed by atoms with van der Waals surface area (Å²) in [7, 11) is -6.00. The molecule has 1 aromatic heterocycles. The Kier molecular flexibility index (Phi) is 17.9. The molecular weight excluding hydrogens is 379 g/mol. The van der Waals surface area contributed by atoms with Crippen molar-refractivity contribution in [2.24, 2.45) is 0 Å². The van der Waals surface area contributed by atoms with Gasteiger partial charge in [0.1, 0.15) is 18.4 Å². The molecule has 0 aliphatic heterocycles. The maximum atomic E-state index is 9.75. The highest BCUT2D eigenvalue weighted by Crippen LogP contribution is 2.16. The highest BCUT2D eigenvalue weighted by atomic mass is 19.5. The van der Waals surface area contributed by atoms with Crippen molar-refractivity contribution in [3.05, 3.63) is 30.9 Å². The van der Waals surface area contributed by atoms with Gasteiger partial charge in [-0.25, -0.2) is 4.57 Å². The van der Waals surface area contributed by atoms with E-state index in [4.69, 9.17) is 0 Å². The second-order valence-electron chi connectivity index (χ2n) is 7.66. The van der Waals surface area contributed by atoms with Gasteiger partial charge < -0.3 is 17.3 Å². The third kappa shape index (κ3) is 21.3. The molecule has 170 valence electrons. The first-order chi connectivity index (χ1) is 13.9. The molecule has 1 N–H and O–H groups in total. The number of halogens is 4. The van der Waals surface area contributed by atoms with E-state index in [2.05, 4.69) is 48.1 Å². The van der Waals surface area contributed by atoms with E-state index in [1.54, 1.807) is 0 Å². The van der Waals surface area contributed by atoms with Crippen molar-refractivity contribution >= 4 is 7.25 Å². The largest absolute Gasteiger partial charge is 0.673 e. The molecule has 0 aliphatic rings. The summed E-state index contributed by atoms with van der Waals surface area (Å²) in [5.41, 5.74) is 0. The summed E-state index contributed by atoms with van der Waals surface area (Å²) in [6, 6.07) is 0.685. The van der Waals surface area contributed by atoms with E-state index in [1.165, 1.54) is 89.9 Å².